The van der Waals surface area contributed by atoms with Gasteiger partial charge in [0.1, 0.15) is 5.76 Å². The lowest BCUT2D eigenvalue weighted by atomic mass is 10.4. The molecule has 0 N–H and O–H groups in total. The van der Waals surface area contributed by atoms with Gasteiger partial charge in [-0.1, -0.05) is 13.3 Å². The van der Waals surface area contributed by atoms with Crippen molar-refractivity contribution in [1.29, 1.82) is 0 Å². The van der Waals surface area contributed by atoms with Crippen molar-refractivity contribution in [2.45, 2.75) is 26.7 Å². The Morgan fingerprint density at radius 1 is 1.54 bits per heavy atom. The third kappa shape index (κ3) is 2.93. The second kappa shape index (κ2) is 4.70. The Kier molecular flexibility index (Phi) is 3.55. The van der Waals surface area contributed by atoms with Crippen LogP contribution >= 0.6 is 0 Å². The lowest BCUT2D eigenvalue weighted by Crippen LogP contribution is -2.04. The fraction of sp³-hybridized carbons (Fsp3) is 0.500. The fourth-order valence-electron chi connectivity index (χ4n) is 0.925. The molecule has 0 radical (unpaired) electrons. The molecule has 3 nitrogen and oxygen atoms in total. The van der Waals surface area contributed by atoms with Crippen molar-refractivity contribution >= 4 is 5.97 Å². The Morgan fingerprint density at radius 2 is 2.31 bits per heavy atom. The highest BCUT2D eigenvalue weighted by Crippen LogP contribution is 2.07. The molecule has 1 aromatic rings. The molecule has 0 saturated carbocycles. The van der Waals surface area contributed by atoms with Crippen LogP contribution in [0.5, 0.6) is 0 Å². The van der Waals surface area contributed by atoms with E-state index in [1.54, 1.807) is 19.1 Å². The van der Waals surface area contributed by atoms with Gasteiger partial charge in [0.15, 0.2) is 0 Å². The molecule has 0 unspecified atom stereocenters. The van der Waals surface area contributed by atoms with E-state index < -0.39 is 0 Å². The average Bonchev–Trinajstić information content (AvgIpc) is 2.52. The van der Waals surface area contributed by atoms with E-state index in [-0.39, 0.29) is 11.7 Å². The first-order valence-corrected chi connectivity index (χ1v) is 4.47. The molecule has 0 saturated heterocycles. The fourth-order valence-corrected chi connectivity index (χ4v) is 0.925. The number of hydrogen-bond acceptors (Lipinski definition) is 3. The number of unbranched alkanes of at least 4 members (excludes halogenated alkanes) is 1. The zero-order valence-electron chi connectivity index (χ0n) is 8.00. The van der Waals surface area contributed by atoms with Gasteiger partial charge in [-0.25, -0.2) is 4.79 Å². The molecule has 0 aliphatic heterocycles. The molecule has 13 heavy (non-hydrogen) atoms. The van der Waals surface area contributed by atoms with Gasteiger partial charge in [-0.2, -0.15) is 0 Å². The highest BCUT2D eigenvalue weighted by Gasteiger charge is 2.10. The third-order valence-electron chi connectivity index (χ3n) is 1.67. The monoisotopic (exact) mass is 182 g/mol. The zero-order chi connectivity index (χ0) is 9.68. The van der Waals surface area contributed by atoms with Crippen LogP contribution < -0.4 is 0 Å². The number of hydrogen-bond donors (Lipinski definition) is 0. The molecule has 0 spiro atoms. The minimum atomic E-state index is -0.374. The summed E-state index contributed by atoms with van der Waals surface area (Å²) in [7, 11) is 0. The number of carbonyl (C=O) groups excluding carboxylic acids is 1. The topological polar surface area (TPSA) is 39.4 Å². The van der Waals surface area contributed by atoms with Gasteiger partial charge in [-0.15, -0.1) is 0 Å². The summed E-state index contributed by atoms with van der Waals surface area (Å²) < 4.78 is 10.1. The molecule has 0 bridgehead atoms. The van der Waals surface area contributed by atoms with Crippen LogP contribution in [0.1, 0.15) is 36.1 Å². The summed E-state index contributed by atoms with van der Waals surface area (Å²) in [6.07, 6.45) is 1.91. The van der Waals surface area contributed by atoms with Crippen LogP contribution in [0.4, 0.5) is 0 Å². The predicted molar refractivity (Wildman–Crippen MR) is 48.6 cm³/mol. The highest BCUT2D eigenvalue weighted by molar-refractivity contribution is 5.86. The Labute approximate surface area is 77.7 Å². The summed E-state index contributed by atoms with van der Waals surface area (Å²) in [5.74, 6) is 0.637. The molecule has 1 rings (SSSR count). The maximum absolute atomic E-state index is 11.2. The number of esters is 1. The summed E-state index contributed by atoms with van der Waals surface area (Å²) in [5, 5.41) is 0. The van der Waals surface area contributed by atoms with Gasteiger partial charge in [0.2, 0.25) is 5.76 Å². The van der Waals surface area contributed by atoms with E-state index in [0.29, 0.717) is 6.61 Å². The summed E-state index contributed by atoms with van der Waals surface area (Å²) in [6.45, 7) is 4.31. The van der Waals surface area contributed by atoms with Gasteiger partial charge >= 0.3 is 5.97 Å². The third-order valence-corrected chi connectivity index (χ3v) is 1.67. The summed E-state index contributed by atoms with van der Waals surface area (Å²) >= 11 is 0. The molecule has 1 heterocycles. The first-order valence-electron chi connectivity index (χ1n) is 4.47. The predicted octanol–water partition coefficient (Wildman–Crippen LogP) is 2.54. The minimum absolute atomic E-state index is 0.286. The number of aryl methyl sites for hydroxylation is 1. The van der Waals surface area contributed by atoms with Gasteiger partial charge in [-0.3, -0.25) is 0 Å². The van der Waals surface area contributed by atoms with Crippen LogP contribution in [0.3, 0.4) is 0 Å². The van der Waals surface area contributed by atoms with Gasteiger partial charge in [0.05, 0.1) is 6.61 Å². The molecule has 0 atom stereocenters. The van der Waals surface area contributed by atoms with Crippen molar-refractivity contribution < 1.29 is 13.9 Å². The normalized spacial score (nSPS) is 10.0. The Balaban J connectivity index is 2.40. The van der Waals surface area contributed by atoms with E-state index in [0.717, 1.165) is 18.6 Å². The van der Waals surface area contributed by atoms with Gasteiger partial charge in [-0.05, 0) is 25.5 Å². The number of carbonyl (C=O) groups is 1. The Morgan fingerprint density at radius 3 is 2.85 bits per heavy atom. The highest BCUT2D eigenvalue weighted by atomic mass is 16.5. The number of furan rings is 1. The molecule has 72 valence electrons. The Bertz CT molecular complexity index is 275. The quantitative estimate of drug-likeness (QED) is 0.530. The van der Waals surface area contributed by atoms with Crippen molar-refractivity contribution in [2.75, 3.05) is 6.61 Å². The van der Waals surface area contributed by atoms with Crippen LogP contribution in [0.15, 0.2) is 16.5 Å². The molecule has 0 amide bonds. The molecule has 0 aromatic carbocycles. The molecule has 0 aliphatic carbocycles. The van der Waals surface area contributed by atoms with Gasteiger partial charge in [0.25, 0.3) is 0 Å². The van der Waals surface area contributed by atoms with Crippen molar-refractivity contribution in [3.05, 3.63) is 23.7 Å². The van der Waals surface area contributed by atoms with Crippen molar-refractivity contribution in [3.63, 3.8) is 0 Å². The number of rotatable bonds is 4. The van der Waals surface area contributed by atoms with E-state index >= 15 is 0 Å². The minimum Gasteiger partial charge on any atom is -0.460 e. The molecule has 1 aromatic heterocycles. The van der Waals surface area contributed by atoms with E-state index in [4.69, 9.17) is 9.15 Å². The molecule has 0 fully saturated rings. The summed E-state index contributed by atoms with van der Waals surface area (Å²) in [5.41, 5.74) is 0. The van der Waals surface area contributed by atoms with Crippen LogP contribution in [0, 0.1) is 6.92 Å². The maximum Gasteiger partial charge on any atom is 0.374 e. The zero-order valence-corrected chi connectivity index (χ0v) is 8.00. The van der Waals surface area contributed by atoms with E-state index in [1.807, 2.05) is 6.92 Å². The van der Waals surface area contributed by atoms with Crippen molar-refractivity contribution in [2.24, 2.45) is 0 Å². The lowest BCUT2D eigenvalue weighted by molar-refractivity contribution is 0.0462. The molecule has 3 heteroatoms. The molecular weight excluding hydrogens is 168 g/mol. The standard InChI is InChI=1S/C10H14O3/c1-3-4-7-12-10(11)9-6-5-8(2)13-9/h5-6H,3-4,7H2,1-2H3. The largest absolute Gasteiger partial charge is 0.460 e. The van der Waals surface area contributed by atoms with Crippen LogP contribution in [0.25, 0.3) is 0 Å². The maximum atomic E-state index is 11.2. The smallest absolute Gasteiger partial charge is 0.374 e. The van der Waals surface area contributed by atoms with Gasteiger partial charge < -0.3 is 9.15 Å². The Hall–Kier alpha value is -1.25. The van der Waals surface area contributed by atoms with Crippen LogP contribution in [-0.4, -0.2) is 12.6 Å². The number of ether oxygens (including phenoxy) is 1. The van der Waals surface area contributed by atoms with Crippen molar-refractivity contribution in [3.8, 4) is 0 Å². The second-order valence-electron chi connectivity index (χ2n) is 2.90. The van der Waals surface area contributed by atoms with Crippen molar-refractivity contribution in [1.82, 2.24) is 0 Å². The average molecular weight is 182 g/mol. The van der Waals surface area contributed by atoms with Crippen LogP contribution in [-0.2, 0) is 4.74 Å². The first kappa shape index (κ1) is 9.84. The van der Waals surface area contributed by atoms with E-state index in [1.165, 1.54) is 0 Å². The summed E-state index contributed by atoms with van der Waals surface area (Å²) in [6, 6.07) is 3.38. The lowest BCUT2D eigenvalue weighted by Gasteiger charge is -1.99. The first-order chi connectivity index (χ1) is 6.24. The van der Waals surface area contributed by atoms with Crippen LogP contribution in [0.2, 0.25) is 0 Å². The summed E-state index contributed by atoms with van der Waals surface area (Å²) in [4.78, 5) is 11.2. The molecular formula is C10H14O3. The molecule has 0 aliphatic rings. The van der Waals surface area contributed by atoms with Gasteiger partial charge in [0, 0.05) is 0 Å². The second-order valence-corrected chi connectivity index (χ2v) is 2.90. The van der Waals surface area contributed by atoms with E-state index in [9.17, 15) is 4.79 Å². The van der Waals surface area contributed by atoms with E-state index in [2.05, 4.69) is 0 Å². The SMILES string of the molecule is CCCCOC(=O)c1ccc(C)o1.